The van der Waals surface area contributed by atoms with Crippen LogP contribution in [0.5, 0.6) is 0 Å². The third-order valence-corrected chi connectivity index (χ3v) is 9.62. The highest BCUT2D eigenvalue weighted by Crippen LogP contribution is 2.32. The van der Waals surface area contributed by atoms with Gasteiger partial charge in [0.2, 0.25) is 5.95 Å². The van der Waals surface area contributed by atoms with Gasteiger partial charge in [-0.3, -0.25) is 4.79 Å². The maximum Gasteiger partial charge on any atom is 0.337 e. The highest BCUT2D eigenvalue weighted by atomic mass is 32.1. The van der Waals surface area contributed by atoms with Gasteiger partial charge in [-0.05, 0) is 63.9 Å². The second kappa shape index (κ2) is 14.1. The third-order valence-electron chi connectivity index (χ3n) is 8.64. The van der Waals surface area contributed by atoms with Gasteiger partial charge in [0.25, 0.3) is 5.91 Å². The van der Waals surface area contributed by atoms with Gasteiger partial charge < -0.3 is 20.5 Å². The SMILES string of the molecule is O=C(NC1=CN(C2CCCCC2)NC1c1nc(F)ccc1F)c1csc(C2C=NN(C(=O)NCCCN3CCCCC3)C2)n1. The van der Waals surface area contributed by atoms with Crippen molar-refractivity contribution in [1.82, 2.24) is 40.9 Å². The van der Waals surface area contributed by atoms with Crippen molar-refractivity contribution in [3.63, 3.8) is 0 Å². The lowest BCUT2D eigenvalue weighted by Gasteiger charge is -2.31. The molecule has 2 fully saturated rings. The Morgan fingerprint density at radius 1 is 1.05 bits per heavy atom. The number of thiazole rings is 1. The molecule has 14 heteroatoms. The Labute approximate surface area is 259 Å². The maximum atomic E-state index is 14.8. The number of pyridine rings is 1. The molecular weight excluding hydrogens is 588 g/mol. The van der Waals surface area contributed by atoms with E-state index in [1.54, 1.807) is 17.8 Å². The molecule has 2 aromatic rings. The lowest BCUT2D eigenvalue weighted by Crippen LogP contribution is -2.41. The van der Waals surface area contributed by atoms with E-state index in [0.29, 0.717) is 23.8 Å². The average molecular weight is 628 g/mol. The molecule has 2 unspecified atom stereocenters. The monoisotopic (exact) mass is 627 g/mol. The van der Waals surface area contributed by atoms with Crippen molar-refractivity contribution < 1.29 is 18.4 Å². The number of amides is 3. The molecule has 3 N–H and O–H groups in total. The number of urea groups is 1. The van der Waals surface area contributed by atoms with E-state index in [2.05, 4.69) is 36.0 Å². The Kier molecular flexibility index (Phi) is 9.77. The standard InChI is InChI=1S/C30H39F2N9O2S/c31-22-10-11-25(32)37-26(22)27-23(18-40(38-27)21-8-3-1-4-9-21)35-28(42)24-19-44-29(36-24)20-16-34-41(17-20)30(43)33-12-7-15-39-13-5-2-6-14-39/h10-11,16,18-21,27,38H,1-9,12-15,17H2,(H,33,43)(H,35,42). The summed E-state index contributed by atoms with van der Waals surface area (Å²) in [4.78, 5) is 36.7. The van der Waals surface area contributed by atoms with E-state index in [9.17, 15) is 18.4 Å². The number of nitrogens with zero attached hydrogens (tertiary/aromatic N) is 6. The Morgan fingerprint density at radius 2 is 1.84 bits per heavy atom. The molecule has 44 heavy (non-hydrogen) atoms. The fourth-order valence-corrected chi connectivity index (χ4v) is 7.10. The van der Waals surface area contributed by atoms with E-state index in [4.69, 9.17) is 0 Å². The molecule has 6 rings (SSSR count). The van der Waals surface area contributed by atoms with Gasteiger partial charge in [0, 0.05) is 30.4 Å². The largest absolute Gasteiger partial charge is 0.337 e. The number of carbonyl (C=O) groups excluding carboxylic acids is 2. The molecule has 0 bridgehead atoms. The van der Waals surface area contributed by atoms with Crippen molar-refractivity contribution >= 4 is 29.5 Å². The molecule has 2 atom stereocenters. The van der Waals surface area contributed by atoms with Crippen LogP contribution in [0.4, 0.5) is 13.6 Å². The molecule has 1 saturated carbocycles. The Hall–Kier alpha value is -3.49. The van der Waals surface area contributed by atoms with Crippen molar-refractivity contribution in [2.24, 2.45) is 5.10 Å². The highest BCUT2D eigenvalue weighted by Gasteiger charge is 2.35. The van der Waals surface area contributed by atoms with Gasteiger partial charge in [-0.1, -0.05) is 25.7 Å². The van der Waals surface area contributed by atoms with Crippen molar-refractivity contribution in [1.29, 1.82) is 0 Å². The first kappa shape index (κ1) is 30.5. The quantitative estimate of drug-likeness (QED) is 0.281. The number of halogens is 2. The minimum absolute atomic E-state index is 0.124. The van der Waals surface area contributed by atoms with Gasteiger partial charge in [-0.25, -0.2) is 29.6 Å². The summed E-state index contributed by atoms with van der Waals surface area (Å²) >= 11 is 1.31. The molecule has 1 saturated heterocycles. The molecule has 236 valence electrons. The van der Waals surface area contributed by atoms with Crippen LogP contribution in [-0.2, 0) is 0 Å². The van der Waals surface area contributed by atoms with Gasteiger partial charge in [0.1, 0.15) is 28.3 Å². The van der Waals surface area contributed by atoms with E-state index < -0.39 is 23.7 Å². The zero-order chi connectivity index (χ0) is 30.5. The van der Waals surface area contributed by atoms with E-state index in [1.807, 2.05) is 5.01 Å². The zero-order valence-electron chi connectivity index (χ0n) is 24.7. The van der Waals surface area contributed by atoms with Crippen LogP contribution in [0.25, 0.3) is 0 Å². The van der Waals surface area contributed by atoms with Crippen molar-refractivity contribution in [3.8, 4) is 0 Å². The number of likely N-dealkylation sites (tertiary alicyclic amines) is 1. The lowest BCUT2D eigenvalue weighted by molar-refractivity contribution is 0.0958. The van der Waals surface area contributed by atoms with Crippen molar-refractivity contribution in [2.75, 3.05) is 32.7 Å². The van der Waals surface area contributed by atoms with Crippen LogP contribution in [0.1, 0.15) is 90.9 Å². The van der Waals surface area contributed by atoms with E-state index in [-0.39, 0.29) is 29.4 Å². The van der Waals surface area contributed by atoms with Crippen molar-refractivity contribution in [3.05, 3.63) is 57.6 Å². The summed E-state index contributed by atoms with van der Waals surface area (Å²) in [6.45, 7) is 4.18. The number of nitrogens with one attached hydrogen (secondary N) is 3. The van der Waals surface area contributed by atoms with Crippen molar-refractivity contribution in [2.45, 2.75) is 75.8 Å². The molecule has 0 aromatic carbocycles. The maximum absolute atomic E-state index is 14.8. The zero-order valence-corrected chi connectivity index (χ0v) is 25.5. The lowest BCUT2D eigenvalue weighted by atomic mass is 9.95. The van der Waals surface area contributed by atoms with Gasteiger partial charge in [-0.2, -0.15) is 9.49 Å². The minimum Gasteiger partial charge on any atom is -0.336 e. The summed E-state index contributed by atoms with van der Waals surface area (Å²) in [5, 5.41) is 15.7. The molecule has 0 spiro atoms. The first-order valence-electron chi connectivity index (χ1n) is 15.6. The number of hydrogen-bond acceptors (Lipinski definition) is 9. The molecule has 5 heterocycles. The fourth-order valence-electron chi connectivity index (χ4n) is 6.25. The summed E-state index contributed by atoms with van der Waals surface area (Å²) in [6.07, 6.45) is 13.4. The third kappa shape index (κ3) is 7.24. The van der Waals surface area contributed by atoms with Gasteiger partial charge in [-0.15, -0.1) is 11.3 Å². The van der Waals surface area contributed by atoms with Gasteiger partial charge in [0.15, 0.2) is 0 Å². The molecule has 4 aliphatic rings. The van der Waals surface area contributed by atoms with E-state index in [0.717, 1.165) is 63.9 Å². The van der Waals surface area contributed by atoms with Crippen LogP contribution in [-0.4, -0.2) is 81.8 Å². The molecule has 2 aromatic heterocycles. The molecule has 0 radical (unpaired) electrons. The fraction of sp³-hybridized carbons (Fsp3) is 0.567. The molecule has 1 aliphatic carbocycles. The van der Waals surface area contributed by atoms with E-state index >= 15 is 0 Å². The first-order chi connectivity index (χ1) is 21.4. The van der Waals surface area contributed by atoms with Crippen LogP contribution in [0, 0.1) is 11.8 Å². The van der Waals surface area contributed by atoms with Crippen LogP contribution in [0.15, 0.2) is 34.5 Å². The summed E-state index contributed by atoms with van der Waals surface area (Å²) < 4.78 is 28.8. The van der Waals surface area contributed by atoms with Crippen LogP contribution in [0.2, 0.25) is 0 Å². The number of hydrazine groups is 1. The second-order valence-corrected chi connectivity index (χ2v) is 12.7. The smallest absolute Gasteiger partial charge is 0.336 e. The molecule has 11 nitrogen and oxygen atoms in total. The predicted molar refractivity (Wildman–Crippen MR) is 163 cm³/mol. The van der Waals surface area contributed by atoms with E-state index in [1.165, 1.54) is 42.0 Å². The van der Waals surface area contributed by atoms with Gasteiger partial charge >= 0.3 is 6.03 Å². The average Bonchev–Trinajstić information content (AvgIpc) is 3.82. The molecular formula is C30H39F2N9O2S. The summed E-state index contributed by atoms with van der Waals surface area (Å²) in [7, 11) is 0. The number of hydrogen-bond donors (Lipinski definition) is 3. The molecule has 3 amide bonds. The first-order valence-corrected chi connectivity index (χ1v) is 16.5. The molecule has 3 aliphatic heterocycles. The van der Waals surface area contributed by atoms with Crippen LogP contribution in [0.3, 0.4) is 0 Å². The topological polar surface area (TPSA) is 118 Å². The number of hydrazone groups is 1. The number of aromatic nitrogens is 2. The number of piperidine rings is 1. The number of carbonyl (C=O) groups is 2. The predicted octanol–water partition coefficient (Wildman–Crippen LogP) is 4.25. The summed E-state index contributed by atoms with van der Waals surface area (Å²) in [5.41, 5.74) is 3.67. The van der Waals surface area contributed by atoms with Crippen LogP contribution < -0.4 is 16.1 Å². The Bertz CT molecular complexity index is 1390. The minimum atomic E-state index is -0.858. The summed E-state index contributed by atoms with van der Waals surface area (Å²) in [6, 6.07) is 1.09. The van der Waals surface area contributed by atoms with Gasteiger partial charge in [0.05, 0.1) is 18.2 Å². The second-order valence-electron chi connectivity index (χ2n) is 11.8. The highest BCUT2D eigenvalue weighted by molar-refractivity contribution is 7.10. The summed E-state index contributed by atoms with van der Waals surface area (Å²) in [5.74, 6) is -2.16. The normalized spacial score (nSPS) is 22.8. The Balaban J connectivity index is 1.05. The number of rotatable bonds is 9. The van der Waals surface area contributed by atoms with Crippen LogP contribution >= 0.6 is 11.3 Å². The Morgan fingerprint density at radius 3 is 2.66 bits per heavy atom.